The lowest BCUT2D eigenvalue weighted by molar-refractivity contribution is 0.158. The van der Waals surface area contributed by atoms with Crippen molar-refractivity contribution in [3.8, 4) is 0 Å². The van der Waals surface area contributed by atoms with Gasteiger partial charge in [0.05, 0.1) is 0 Å². The van der Waals surface area contributed by atoms with E-state index >= 15 is 0 Å². The Morgan fingerprint density at radius 2 is 1.89 bits per heavy atom. The number of likely N-dealkylation sites (tertiary alicyclic amines) is 1. The van der Waals surface area contributed by atoms with Crippen molar-refractivity contribution in [2.45, 2.75) is 52.0 Å². The molecule has 7 heteroatoms. The Morgan fingerprint density at radius 3 is 2.61 bits per heavy atom. The zero-order valence-corrected chi connectivity index (χ0v) is 17.7. The Bertz CT molecular complexity index is 584. The van der Waals surface area contributed by atoms with Crippen molar-refractivity contribution in [1.82, 2.24) is 25.1 Å². The molecule has 0 aliphatic carbocycles. The molecule has 156 valence electrons. The van der Waals surface area contributed by atoms with Crippen LogP contribution in [0.4, 0.5) is 5.95 Å². The topological polar surface area (TPSA) is 59.9 Å². The minimum Gasteiger partial charge on any atom is -0.357 e. The molecule has 3 heterocycles. The van der Waals surface area contributed by atoms with Gasteiger partial charge in [-0.2, -0.15) is 0 Å². The third-order valence-electron chi connectivity index (χ3n) is 5.80. The maximum absolute atomic E-state index is 4.90. The molecule has 0 saturated carbocycles. The minimum absolute atomic E-state index is 0.763. The smallest absolute Gasteiger partial charge is 0.225 e. The summed E-state index contributed by atoms with van der Waals surface area (Å²) in [6.45, 7) is 12.6. The Morgan fingerprint density at radius 1 is 1.11 bits per heavy atom. The van der Waals surface area contributed by atoms with E-state index in [4.69, 9.17) is 4.99 Å². The third kappa shape index (κ3) is 6.06. The van der Waals surface area contributed by atoms with Crippen LogP contribution in [-0.2, 0) is 0 Å². The molecule has 3 rings (SSSR count). The van der Waals surface area contributed by atoms with Crippen molar-refractivity contribution in [1.29, 1.82) is 0 Å². The molecule has 0 spiro atoms. The van der Waals surface area contributed by atoms with Crippen LogP contribution in [0.3, 0.4) is 0 Å². The molecule has 2 aliphatic rings. The molecule has 0 bridgehead atoms. The summed E-state index contributed by atoms with van der Waals surface area (Å²) in [5, 5.41) is 3.47. The van der Waals surface area contributed by atoms with Gasteiger partial charge in [-0.1, -0.05) is 6.42 Å². The first-order valence-electron chi connectivity index (χ1n) is 11.1. The monoisotopic (exact) mass is 387 g/mol. The second kappa shape index (κ2) is 11.2. The Labute approximate surface area is 170 Å². The lowest BCUT2D eigenvalue weighted by Crippen LogP contribution is -2.53. The summed E-state index contributed by atoms with van der Waals surface area (Å²) in [5.41, 5.74) is 0. The van der Waals surface area contributed by atoms with Crippen molar-refractivity contribution < 1.29 is 0 Å². The van der Waals surface area contributed by atoms with E-state index in [9.17, 15) is 0 Å². The lowest BCUT2D eigenvalue weighted by Gasteiger charge is -2.36. The number of hydrogen-bond acceptors (Lipinski definition) is 5. The fourth-order valence-electron chi connectivity index (χ4n) is 4.10. The van der Waals surface area contributed by atoms with Gasteiger partial charge in [0, 0.05) is 57.7 Å². The summed E-state index contributed by atoms with van der Waals surface area (Å²) in [6.07, 6.45) is 10.2. The van der Waals surface area contributed by atoms with Crippen LogP contribution in [0.15, 0.2) is 23.5 Å². The quantitative estimate of drug-likeness (QED) is 0.440. The maximum Gasteiger partial charge on any atom is 0.225 e. The van der Waals surface area contributed by atoms with E-state index in [2.05, 4.69) is 43.8 Å². The molecule has 1 aromatic rings. The Kier molecular flexibility index (Phi) is 8.33. The molecule has 1 unspecified atom stereocenters. The van der Waals surface area contributed by atoms with Crippen LogP contribution in [-0.4, -0.2) is 84.1 Å². The number of nitrogens with zero attached hydrogens (tertiary/aromatic N) is 6. The fraction of sp³-hybridized carbons (Fsp3) is 0.762. The second-order valence-electron chi connectivity index (χ2n) is 7.85. The molecule has 2 aliphatic heterocycles. The summed E-state index contributed by atoms with van der Waals surface area (Å²) in [5.74, 6) is 1.89. The van der Waals surface area contributed by atoms with E-state index in [0.717, 1.165) is 63.6 Å². The van der Waals surface area contributed by atoms with E-state index in [1.807, 2.05) is 18.5 Å². The predicted molar refractivity (Wildman–Crippen MR) is 116 cm³/mol. The largest absolute Gasteiger partial charge is 0.357 e. The highest BCUT2D eigenvalue weighted by Crippen LogP contribution is 2.16. The standard InChI is InChI=1S/C21H37N7/c1-3-22-20(23-10-5-7-14-26-13-6-4-9-19(26)2)27-15-17-28(18-16-27)21-24-11-8-12-25-21/h8,11-12,19H,3-7,9-10,13-18H2,1-2H3,(H,22,23). The van der Waals surface area contributed by atoms with Crippen molar-refractivity contribution in [2.75, 3.05) is 57.3 Å². The number of rotatable bonds is 7. The summed E-state index contributed by atoms with van der Waals surface area (Å²) >= 11 is 0. The van der Waals surface area contributed by atoms with Gasteiger partial charge in [-0.3, -0.25) is 4.99 Å². The van der Waals surface area contributed by atoms with Crippen LogP contribution >= 0.6 is 0 Å². The second-order valence-corrected chi connectivity index (χ2v) is 7.85. The molecular formula is C21H37N7. The van der Waals surface area contributed by atoms with Gasteiger partial charge in [0.25, 0.3) is 0 Å². The molecule has 2 saturated heterocycles. The predicted octanol–water partition coefficient (Wildman–Crippen LogP) is 2.22. The van der Waals surface area contributed by atoms with E-state index in [1.54, 1.807) is 0 Å². The summed E-state index contributed by atoms with van der Waals surface area (Å²) < 4.78 is 0. The van der Waals surface area contributed by atoms with Crippen molar-refractivity contribution in [3.05, 3.63) is 18.5 Å². The van der Waals surface area contributed by atoms with Crippen LogP contribution < -0.4 is 10.2 Å². The number of hydrogen-bond donors (Lipinski definition) is 1. The van der Waals surface area contributed by atoms with Gasteiger partial charge in [0.1, 0.15) is 0 Å². The van der Waals surface area contributed by atoms with Crippen molar-refractivity contribution in [2.24, 2.45) is 4.99 Å². The first kappa shape index (κ1) is 20.8. The van der Waals surface area contributed by atoms with E-state index in [0.29, 0.717) is 0 Å². The number of nitrogens with one attached hydrogen (secondary N) is 1. The zero-order chi connectivity index (χ0) is 19.6. The van der Waals surface area contributed by atoms with Gasteiger partial charge in [-0.25, -0.2) is 9.97 Å². The maximum atomic E-state index is 4.90. The van der Waals surface area contributed by atoms with Crippen LogP contribution in [0.1, 0.15) is 46.0 Å². The van der Waals surface area contributed by atoms with Crippen molar-refractivity contribution >= 4 is 11.9 Å². The number of anilines is 1. The van der Waals surface area contributed by atoms with E-state index < -0.39 is 0 Å². The van der Waals surface area contributed by atoms with Gasteiger partial charge >= 0.3 is 0 Å². The van der Waals surface area contributed by atoms with Gasteiger partial charge in [-0.05, 0) is 58.7 Å². The number of piperidine rings is 1. The molecule has 1 aromatic heterocycles. The summed E-state index contributed by atoms with van der Waals surface area (Å²) in [6, 6.07) is 2.63. The van der Waals surface area contributed by atoms with Crippen molar-refractivity contribution in [3.63, 3.8) is 0 Å². The van der Waals surface area contributed by atoms with E-state index in [1.165, 1.54) is 38.8 Å². The first-order chi connectivity index (χ1) is 13.8. The molecule has 0 radical (unpaired) electrons. The normalized spacial score (nSPS) is 21.8. The molecule has 0 aromatic carbocycles. The molecule has 0 amide bonds. The van der Waals surface area contributed by atoms with Crippen LogP contribution in [0.5, 0.6) is 0 Å². The summed E-state index contributed by atoms with van der Waals surface area (Å²) in [7, 11) is 0. The highest BCUT2D eigenvalue weighted by Gasteiger charge is 2.21. The SMILES string of the molecule is CCNC(=NCCCCN1CCCCC1C)N1CCN(c2ncccn2)CC1. The number of unbranched alkanes of at least 4 members (excludes halogenated alkanes) is 1. The molecule has 1 N–H and O–H groups in total. The molecule has 28 heavy (non-hydrogen) atoms. The molecular weight excluding hydrogens is 350 g/mol. The number of aliphatic imine (C=N–C) groups is 1. The van der Waals surface area contributed by atoms with Gasteiger partial charge in [0.2, 0.25) is 5.95 Å². The Balaban J connectivity index is 1.41. The van der Waals surface area contributed by atoms with Gasteiger partial charge < -0.3 is 20.0 Å². The molecule has 1 atom stereocenters. The van der Waals surface area contributed by atoms with Crippen LogP contribution in [0.2, 0.25) is 0 Å². The zero-order valence-electron chi connectivity index (χ0n) is 17.7. The van der Waals surface area contributed by atoms with Crippen LogP contribution in [0, 0.1) is 0 Å². The van der Waals surface area contributed by atoms with Gasteiger partial charge in [-0.15, -0.1) is 0 Å². The van der Waals surface area contributed by atoms with E-state index in [-0.39, 0.29) is 0 Å². The fourth-order valence-corrected chi connectivity index (χ4v) is 4.10. The number of piperazine rings is 1. The molecule has 2 fully saturated rings. The van der Waals surface area contributed by atoms with Crippen LogP contribution in [0.25, 0.3) is 0 Å². The number of aromatic nitrogens is 2. The average Bonchev–Trinajstić information content (AvgIpc) is 2.75. The third-order valence-corrected chi connectivity index (χ3v) is 5.80. The minimum atomic E-state index is 0.763. The lowest BCUT2D eigenvalue weighted by atomic mass is 10.0. The summed E-state index contributed by atoms with van der Waals surface area (Å²) in [4.78, 5) is 20.9. The highest BCUT2D eigenvalue weighted by atomic mass is 15.4. The number of guanidine groups is 1. The average molecular weight is 388 g/mol. The van der Waals surface area contributed by atoms with Gasteiger partial charge in [0.15, 0.2) is 5.96 Å². The first-order valence-corrected chi connectivity index (χ1v) is 11.1. The Hall–Kier alpha value is -1.89. The molecule has 7 nitrogen and oxygen atoms in total. The highest BCUT2D eigenvalue weighted by molar-refractivity contribution is 5.80.